The molecule has 8 aromatic carbocycles. The Morgan fingerprint density at radius 1 is 0.315 bits per heavy atom. The van der Waals surface area contributed by atoms with Gasteiger partial charge >= 0.3 is 0 Å². The molecule has 5 nitrogen and oxygen atoms in total. The van der Waals surface area contributed by atoms with Crippen LogP contribution < -0.4 is 0 Å². The molecule has 0 aliphatic carbocycles. The van der Waals surface area contributed by atoms with Crippen LogP contribution in [0.2, 0.25) is 0 Å². The average Bonchev–Trinajstić information content (AvgIpc) is 3.77. The van der Waals surface area contributed by atoms with Gasteiger partial charge in [0.1, 0.15) is 0 Å². The topological polar surface area (TPSA) is 48.5 Å². The highest BCUT2D eigenvalue weighted by atomic mass is 15.2. The van der Waals surface area contributed by atoms with Gasteiger partial charge in [0.2, 0.25) is 5.95 Å². The minimum Gasteiger partial charge on any atom is -0.309 e. The van der Waals surface area contributed by atoms with Crippen LogP contribution in [0.3, 0.4) is 0 Å². The van der Waals surface area contributed by atoms with Crippen LogP contribution >= 0.6 is 0 Å². The Labute approximate surface area is 311 Å². The van der Waals surface area contributed by atoms with E-state index in [1.54, 1.807) is 0 Å². The minimum absolute atomic E-state index is 0.572. The summed E-state index contributed by atoms with van der Waals surface area (Å²) in [4.78, 5) is 15.8. The normalized spacial score (nSPS) is 11.7. The van der Waals surface area contributed by atoms with E-state index in [0.717, 1.165) is 55.4 Å². The van der Waals surface area contributed by atoms with Crippen LogP contribution in [0.5, 0.6) is 0 Å². The van der Waals surface area contributed by atoms with E-state index in [1.165, 1.54) is 26.9 Å². The largest absolute Gasteiger partial charge is 0.309 e. The molecule has 0 amide bonds. The van der Waals surface area contributed by atoms with E-state index in [2.05, 4.69) is 179 Å². The van der Waals surface area contributed by atoms with Gasteiger partial charge in [-0.3, -0.25) is 4.57 Å². The van der Waals surface area contributed by atoms with Gasteiger partial charge in [-0.25, -0.2) is 4.98 Å². The second-order valence-electron chi connectivity index (χ2n) is 13.7. The van der Waals surface area contributed by atoms with Crippen molar-refractivity contribution < 1.29 is 0 Å². The van der Waals surface area contributed by atoms with Gasteiger partial charge in [0, 0.05) is 38.4 Å². The zero-order valence-corrected chi connectivity index (χ0v) is 29.1. The number of nitrogens with zero attached hydrogens (tertiary/aromatic N) is 5. The lowest BCUT2D eigenvalue weighted by Gasteiger charge is -2.12. The van der Waals surface area contributed by atoms with Crippen LogP contribution in [0.15, 0.2) is 188 Å². The Morgan fingerprint density at radius 3 is 1.69 bits per heavy atom. The number of hydrogen-bond acceptors (Lipinski definition) is 3. The molecule has 0 aliphatic heterocycles. The summed E-state index contributed by atoms with van der Waals surface area (Å²) in [6.45, 7) is 0. The van der Waals surface area contributed by atoms with Gasteiger partial charge in [-0.1, -0.05) is 152 Å². The highest BCUT2D eigenvalue weighted by molar-refractivity contribution is 6.21. The summed E-state index contributed by atoms with van der Waals surface area (Å²) in [6, 6.07) is 66.2. The highest BCUT2D eigenvalue weighted by Gasteiger charge is 2.21. The summed E-state index contributed by atoms with van der Waals surface area (Å²) >= 11 is 0. The third-order valence-corrected chi connectivity index (χ3v) is 10.6. The zero-order valence-electron chi connectivity index (χ0n) is 29.1. The van der Waals surface area contributed by atoms with Crippen LogP contribution in [0, 0.1) is 0 Å². The lowest BCUT2D eigenvalue weighted by atomic mass is 10.0. The lowest BCUT2D eigenvalue weighted by molar-refractivity contribution is 0.954. The molecule has 0 unspecified atom stereocenters. The van der Waals surface area contributed by atoms with Gasteiger partial charge in [-0.05, 0) is 58.3 Å². The summed E-state index contributed by atoms with van der Waals surface area (Å²) in [7, 11) is 0. The third-order valence-electron chi connectivity index (χ3n) is 10.6. The Morgan fingerprint density at radius 2 is 0.889 bits per heavy atom. The van der Waals surface area contributed by atoms with E-state index in [1.807, 2.05) is 18.2 Å². The summed E-state index contributed by atoms with van der Waals surface area (Å²) < 4.78 is 4.55. The van der Waals surface area contributed by atoms with Crippen molar-refractivity contribution in [1.29, 1.82) is 0 Å². The molecule has 3 heterocycles. The maximum Gasteiger partial charge on any atom is 0.238 e. The Bertz CT molecular complexity index is 3200. The number of rotatable bonds is 5. The van der Waals surface area contributed by atoms with E-state index in [4.69, 9.17) is 15.0 Å². The van der Waals surface area contributed by atoms with E-state index >= 15 is 0 Å². The molecule has 0 atom stereocenters. The van der Waals surface area contributed by atoms with Crippen molar-refractivity contribution in [2.24, 2.45) is 0 Å². The quantitative estimate of drug-likeness (QED) is 0.181. The Hall–Kier alpha value is -7.37. The Balaban J connectivity index is 1.21. The SMILES string of the molecule is c1ccc(-c2ccc3c4c5ccccc5ccc4n(-c4nc(-c5ccccc5)nc(-c5ccc6c7ccccc7n(-c7ccccc7)c6c5)n4)c3c2)cc1. The monoisotopic (exact) mass is 689 g/mol. The van der Waals surface area contributed by atoms with Gasteiger partial charge < -0.3 is 4.57 Å². The molecule has 0 spiro atoms. The van der Waals surface area contributed by atoms with Crippen LogP contribution in [-0.4, -0.2) is 24.1 Å². The molecule has 0 saturated heterocycles. The maximum atomic E-state index is 5.35. The first-order valence-electron chi connectivity index (χ1n) is 18.2. The number of aromatic nitrogens is 5. The van der Waals surface area contributed by atoms with Gasteiger partial charge in [-0.15, -0.1) is 0 Å². The van der Waals surface area contributed by atoms with Crippen molar-refractivity contribution in [2.75, 3.05) is 0 Å². The minimum atomic E-state index is 0.572. The van der Waals surface area contributed by atoms with E-state index in [9.17, 15) is 0 Å². The highest BCUT2D eigenvalue weighted by Crippen LogP contribution is 2.39. The standard InChI is InChI=1S/C49H31N5/c1-4-14-32(15-5-1)35-24-28-41-45(30-35)54(43-29-26-33-16-10-11-21-38(33)46(41)43)49-51-47(34-17-6-2-7-18-34)50-48(52-49)36-25-27-40-39-22-12-13-23-42(39)53(44(40)31-36)37-19-8-3-9-20-37/h1-31H. The van der Waals surface area contributed by atoms with Crippen LogP contribution in [-0.2, 0) is 0 Å². The second-order valence-corrected chi connectivity index (χ2v) is 13.7. The van der Waals surface area contributed by atoms with Crippen LogP contribution in [0.25, 0.3) is 99.9 Å². The molecule has 252 valence electrons. The molecule has 5 heteroatoms. The number of para-hydroxylation sites is 2. The summed E-state index contributed by atoms with van der Waals surface area (Å²) in [5.41, 5.74) is 9.58. The first-order valence-corrected chi connectivity index (χ1v) is 18.2. The third kappa shape index (κ3) is 4.76. The van der Waals surface area contributed by atoms with Gasteiger partial charge in [0.15, 0.2) is 11.6 Å². The van der Waals surface area contributed by atoms with Crippen molar-refractivity contribution in [1.82, 2.24) is 24.1 Å². The fourth-order valence-corrected chi connectivity index (χ4v) is 8.09. The molecule has 0 fully saturated rings. The summed E-state index contributed by atoms with van der Waals surface area (Å²) in [6.07, 6.45) is 0. The fourth-order valence-electron chi connectivity index (χ4n) is 8.09. The van der Waals surface area contributed by atoms with Crippen molar-refractivity contribution >= 4 is 54.4 Å². The zero-order chi connectivity index (χ0) is 35.6. The van der Waals surface area contributed by atoms with Crippen LogP contribution in [0.4, 0.5) is 0 Å². The second kappa shape index (κ2) is 12.1. The van der Waals surface area contributed by atoms with Gasteiger partial charge in [0.05, 0.1) is 22.1 Å². The number of hydrogen-bond donors (Lipinski definition) is 0. The average molecular weight is 690 g/mol. The molecule has 0 aliphatic rings. The first-order chi connectivity index (χ1) is 26.8. The molecular formula is C49H31N5. The van der Waals surface area contributed by atoms with E-state index in [-0.39, 0.29) is 0 Å². The molecule has 11 aromatic rings. The summed E-state index contributed by atoms with van der Waals surface area (Å²) in [5.74, 6) is 1.80. The molecule has 0 N–H and O–H groups in total. The molecule has 3 aromatic heterocycles. The number of fused-ring (bicyclic) bond motifs is 8. The van der Waals surface area contributed by atoms with E-state index in [0.29, 0.717) is 17.6 Å². The predicted molar refractivity (Wildman–Crippen MR) is 222 cm³/mol. The predicted octanol–water partition coefficient (Wildman–Crippen LogP) is 12.2. The van der Waals surface area contributed by atoms with Crippen molar-refractivity contribution in [3.05, 3.63) is 188 Å². The lowest BCUT2D eigenvalue weighted by Crippen LogP contribution is -2.06. The molecule has 54 heavy (non-hydrogen) atoms. The smallest absolute Gasteiger partial charge is 0.238 e. The van der Waals surface area contributed by atoms with Crippen LogP contribution in [0.1, 0.15) is 0 Å². The van der Waals surface area contributed by atoms with Crippen molar-refractivity contribution in [3.8, 4) is 45.5 Å². The molecular weight excluding hydrogens is 659 g/mol. The Kier molecular flexibility index (Phi) is 6.79. The molecule has 0 bridgehead atoms. The first kappa shape index (κ1) is 30.3. The molecule has 0 saturated carbocycles. The summed E-state index contributed by atoms with van der Waals surface area (Å²) in [5, 5.41) is 7.11. The molecule has 11 rings (SSSR count). The maximum absolute atomic E-state index is 5.35. The van der Waals surface area contributed by atoms with Gasteiger partial charge in [0.25, 0.3) is 0 Å². The molecule has 0 radical (unpaired) electrons. The fraction of sp³-hybridized carbons (Fsp3) is 0. The number of benzene rings is 8. The van der Waals surface area contributed by atoms with Crippen molar-refractivity contribution in [2.45, 2.75) is 0 Å². The van der Waals surface area contributed by atoms with Gasteiger partial charge in [-0.2, -0.15) is 9.97 Å². The van der Waals surface area contributed by atoms with Crippen molar-refractivity contribution in [3.63, 3.8) is 0 Å². The van der Waals surface area contributed by atoms with E-state index < -0.39 is 0 Å².